The summed E-state index contributed by atoms with van der Waals surface area (Å²) in [7, 11) is 0. The van der Waals surface area contributed by atoms with E-state index in [1.165, 1.54) is 136 Å². The zero-order chi connectivity index (χ0) is 50.5. The Morgan fingerprint density at radius 1 is 0.269 bits per heavy atom. The largest absolute Gasteiger partial charge is 0.309 e. The second-order valence-corrected chi connectivity index (χ2v) is 21.4. The first-order chi connectivity index (χ1) is 38.7. The van der Waals surface area contributed by atoms with Gasteiger partial charge in [0.15, 0.2) is 0 Å². The third-order valence-electron chi connectivity index (χ3n) is 17.5. The van der Waals surface area contributed by atoms with Crippen molar-refractivity contribution in [1.82, 2.24) is 22.9 Å². The molecule has 7 aromatic heterocycles. The molecule has 0 unspecified atom stereocenters. The van der Waals surface area contributed by atoms with Gasteiger partial charge in [-0.25, -0.2) is 4.98 Å². The molecule has 78 heavy (non-hydrogen) atoms. The van der Waals surface area contributed by atoms with Gasteiger partial charge in [0.05, 0.1) is 55.2 Å². The molecule has 358 valence electrons. The van der Waals surface area contributed by atoms with E-state index in [9.17, 15) is 0 Å². The number of hydrogen-bond acceptors (Lipinski definition) is 1. The van der Waals surface area contributed by atoms with Gasteiger partial charge in [-0.3, -0.25) is 4.40 Å². The molecular weight excluding hydrogens is 947 g/mol. The molecule has 0 N–H and O–H groups in total. The summed E-state index contributed by atoms with van der Waals surface area (Å²) < 4.78 is 9.89. The van der Waals surface area contributed by atoms with Crippen molar-refractivity contribution >= 4 is 142 Å². The van der Waals surface area contributed by atoms with E-state index in [4.69, 9.17) is 4.98 Å². The van der Waals surface area contributed by atoms with Gasteiger partial charge in [0, 0.05) is 81.8 Å². The van der Waals surface area contributed by atoms with Crippen LogP contribution in [0.2, 0.25) is 0 Å². The molecule has 0 saturated carbocycles. The molecule has 0 radical (unpaired) electrons. The maximum Gasteiger partial charge on any atom is 0.146 e. The smallest absolute Gasteiger partial charge is 0.146 e. The molecule has 0 fully saturated rings. The Labute approximate surface area is 444 Å². The molecule has 0 atom stereocenters. The van der Waals surface area contributed by atoms with E-state index >= 15 is 0 Å². The van der Waals surface area contributed by atoms with Crippen LogP contribution in [0.3, 0.4) is 0 Å². The maximum atomic E-state index is 6.01. The predicted octanol–water partition coefficient (Wildman–Crippen LogP) is 19.2. The average Bonchev–Trinajstić information content (AvgIpc) is 3.85. The highest BCUT2D eigenvalue weighted by Crippen LogP contribution is 2.50. The lowest BCUT2D eigenvalue weighted by molar-refractivity contribution is 1.18. The molecule has 7 heterocycles. The summed E-state index contributed by atoms with van der Waals surface area (Å²) in [5.74, 6) is 0. The van der Waals surface area contributed by atoms with Crippen LogP contribution in [0.25, 0.3) is 175 Å². The number of para-hydroxylation sites is 6. The standard InChI is InChI=1S/C73H41N5/c1-3-19-46(20-4-1)75-61-31-13-11-25-51(61)56-37-44(33-35-63(56)75)50-27-15-28-53-54-29-16-30-55-68-65(77(69(50)53)70(54)55)41-60-67-49-24-10-8-18-43(49)39-59-58-38-42-17-7-9-23-48(42)66(71(58)78(72(59)67)73(60)74-68)45-34-36-64-57(40-45)52-26-12-14-32-62(52)76(64)47-21-5-2-6-22-47/h1-41H. The summed E-state index contributed by atoms with van der Waals surface area (Å²) in [6.07, 6.45) is 0. The third kappa shape index (κ3) is 5.09. The highest BCUT2D eigenvalue weighted by molar-refractivity contribution is 6.35. The molecule has 0 spiro atoms. The summed E-state index contributed by atoms with van der Waals surface area (Å²) in [5.41, 5.74) is 19.8. The number of fused-ring (bicyclic) bond motifs is 21. The molecule has 5 heteroatoms. The minimum atomic E-state index is 0.978. The SMILES string of the molecule is c1ccc(-n2c3ccccc3c3cc(-c4cccc5c6cccc7c8nc9c(cc8n(c45)c67)c4c5ccccc5cc5c6cc7ccccc7c(-c7ccc8c(c7)c7ccccc7n8-c7ccccc7)c6n9c54)ccc32)cc1. The Morgan fingerprint density at radius 3 is 1.47 bits per heavy atom. The lowest BCUT2D eigenvalue weighted by Gasteiger charge is -2.12. The van der Waals surface area contributed by atoms with Gasteiger partial charge in [-0.15, -0.1) is 0 Å². The van der Waals surface area contributed by atoms with Gasteiger partial charge >= 0.3 is 0 Å². The maximum absolute atomic E-state index is 6.01. The van der Waals surface area contributed by atoms with Crippen molar-refractivity contribution in [3.8, 4) is 33.6 Å². The van der Waals surface area contributed by atoms with Crippen molar-refractivity contribution in [2.24, 2.45) is 0 Å². The molecule has 12 aromatic carbocycles. The molecule has 0 bridgehead atoms. The van der Waals surface area contributed by atoms with Gasteiger partial charge in [-0.05, 0) is 112 Å². The third-order valence-corrected chi connectivity index (χ3v) is 17.5. The van der Waals surface area contributed by atoms with Crippen molar-refractivity contribution < 1.29 is 0 Å². The Bertz CT molecular complexity index is 5790. The zero-order valence-electron chi connectivity index (χ0n) is 41.9. The van der Waals surface area contributed by atoms with Gasteiger partial charge < -0.3 is 13.5 Å². The molecule has 0 amide bonds. The van der Waals surface area contributed by atoms with Crippen molar-refractivity contribution in [2.75, 3.05) is 0 Å². The van der Waals surface area contributed by atoms with Gasteiger partial charge in [0.1, 0.15) is 5.65 Å². The minimum Gasteiger partial charge on any atom is -0.309 e. The molecule has 19 rings (SSSR count). The lowest BCUT2D eigenvalue weighted by atomic mass is 9.93. The zero-order valence-corrected chi connectivity index (χ0v) is 41.9. The number of aromatic nitrogens is 5. The van der Waals surface area contributed by atoms with Crippen LogP contribution in [-0.2, 0) is 0 Å². The van der Waals surface area contributed by atoms with E-state index < -0.39 is 0 Å². The van der Waals surface area contributed by atoms with Crippen LogP contribution in [-0.4, -0.2) is 22.9 Å². The lowest BCUT2D eigenvalue weighted by Crippen LogP contribution is -1.93. The minimum absolute atomic E-state index is 0.978. The molecule has 0 aliphatic rings. The fourth-order valence-corrected chi connectivity index (χ4v) is 14.4. The van der Waals surface area contributed by atoms with E-state index in [0.29, 0.717) is 0 Å². The second-order valence-electron chi connectivity index (χ2n) is 21.4. The Balaban J connectivity index is 0.932. The Hall–Kier alpha value is -10.5. The average molecular weight is 988 g/mol. The van der Waals surface area contributed by atoms with Crippen LogP contribution in [0, 0.1) is 0 Å². The van der Waals surface area contributed by atoms with Crippen molar-refractivity contribution in [2.45, 2.75) is 0 Å². The van der Waals surface area contributed by atoms with Crippen LogP contribution in [0.1, 0.15) is 0 Å². The highest BCUT2D eigenvalue weighted by atomic mass is 15.0. The van der Waals surface area contributed by atoms with E-state index in [2.05, 4.69) is 267 Å². The van der Waals surface area contributed by atoms with Crippen molar-refractivity contribution in [1.29, 1.82) is 0 Å². The highest BCUT2D eigenvalue weighted by Gasteiger charge is 2.28. The number of rotatable bonds is 4. The Morgan fingerprint density at radius 2 is 0.782 bits per heavy atom. The van der Waals surface area contributed by atoms with E-state index in [1.54, 1.807) is 0 Å². The summed E-state index contributed by atoms with van der Waals surface area (Å²) in [4.78, 5) is 6.01. The van der Waals surface area contributed by atoms with E-state index in [-0.39, 0.29) is 0 Å². The van der Waals surface area contributed by atoms with E-state index in [0.717, 1.165) is 38.8 Å². The summed E-state index contributed by atoms with van der Waals surface area (Å²) >= 11 is 0. The molecule has 0 saturated heterocycles. The second kappa shape index (κ2) is 14.7. The number of benzene rings is 12. The van der Waals surface area contributed by atoms with Crippen molar-refractivity contribution in [3.05, 3.63) is 249 Å². The number of hydrogen-bond donors (Lipinski definition) is 0. The van der Waals surface area contributed by atoms with Crippen LogP contribution in [0.5, 0.6) is 0 Å². The monoisotopic (exact) mass is 987 g/mol. The van der Waals surface area contributed by atoms with Gasteiger partial charge in [0.25, 0.3) is 0 Å². The van der Waals surface area contributed by atoms with E-state index in [1.807, 2.05) is 0 Å². The molecule has 5 nitrogen and oxygen atoms in total. The number of nitrogens with zero attached hydrogens (tertiary/aromatic N) is 5. The Kier molecular flexibility index (Phi) is 7.68. The quantitative estimate of drug-likeness (QED) is 0.173. The first kappa shape index (κ1) is 40.8. The fourth-order valence-electron chi connectivity index (χ4n) is 14.4. The first-order valence-electron chi connectivity index (χ1n) is 27.0. The van der Waals surface area contributed by atoms with Gasteiger partial charge in [0.2, 0.25) is 0 Å². The van der Waals surface area contributed by atoms with Crippen LogP contribution in [0.15, 0.2) is 249 Å². The normalized spacial score (nSPS) is 12.6. The van der Waals surface area contributed by atoms with Crippen LogP contribution >= 0.6 is 0 Å². The van der Waals surface area contributed by atoms with Gasteiger partial charge in [-0.2, -0.15) is 0 Å². The fraction of sp³-hybridized carbons (Fsp3) is 0. The first-order valence-corrected chi connectivity index (χ1v) is 27.0. The molecule has 0 aliphatic heterocycles. The molecule has 19 aromatic rings. The number of pyridine rings is 1. The summed E-state index contributed by atoms with van der Waals surface area (Å²) in [6, 6.07) is 92.3. The van der Waals surface area contributed by atoms with Crippen LogP contribution < -0.4 is 0 Å². The molecular formula is C73H41N5. The molecule has 0 aliphatic carbocycles. The van der Waals surface area contributed by atoms with Gasteiger partial charge in [-0.1, -0.05) is 170 Å². The van der Waals surface area contributed by atoms with Crippen LogP contribution in [0.4, 0.5) is 0 Å². The summed E-state index contributed by atoms with van der Waals surface area (Å²) in [5, 5.41) is 18.4. The summed E-state index contributed by atoms with van der Waals surface area (Å²) in [6.45, 7) is 0. The topological polar surface area (TPSA) is 31.6 Å². The van der Waals surface area contributed by atoms with Crippen molar-refractivity contribution in [3.63, 3.8) is 0 Å². The predicted molar refractivity (Wildman–Crippen MR) is 328 cm³/mol.